The first-order chi connectivity index (χ1) is 15.5. The zero-order valence-electron chi connectivity index (χ0n) is 21.6. The van der Waals surface area contributed by atoms with Crippen molar-refractivity contribution in [3.8, 4) is 22.5 Å². The quantitative estimate of drug-likeness (QED) is 0.307. The molecule has 1 aromatic heterocycles. The average Bonchev–Trinajstić information content (AvgIpc) is 3.09. The van der Waals surface area contributed by atoms with E-state index in [1.807, 2.05) is 13.0 Å². The highest BCUT2D eigenvalue weighted by Gasteiger charge is 2.42. The molecule has 0 N–H and O–H groups in total. The van der Waals surface area contributed by atoms with Crippen LogP contribution in [0.1, 0.15) is 47.4 Å². The van der Waals surface area contributed by atoms with Crippen molar-refractivity contribution in [2.24, 2.45) is 0 Å². The van der Waals surface area contributed by atoms with E-state index in [-0.39, 0.29) is 10.6 Å². The number of nitrogens with zero attached hydrogens (tertiary/aromatic N) is 2. The molecule has 0 saturated carbocycles. The summed E-state index contributed by atoms with van der Waals surface area (Å²) in [4.78, 5) is 5.12. The first-order valence-corrected chi connectivity index (χ1v) is 14.8. The van der Waals surface area contributed by atoms with Crippen molar-refractivity contribution in [1.82, 2.24) is 9.55 Å². The summed E-state index contributed by atoms with van der Waals surface area (Å²) < 4.78 is 15.1. The molecule has 0 spiro atoms. The number of hydrogen-bond acceptors (Lipinski definition) is 3. The Kier molecular flexibility index (Phi) is 7.67. The van der Waals surface area contributed by atoms with E-state index in [9.17, 15) is 0 Å². The molecule has 0 aliphatic heterocycles. The van der Waals surface area contributed by atoms with Crippen LogP contribution in [0.15, 0.2) is 60.7 Å². The minimum atomic E-state index is -1.96. The van der Waals surface area contributed by atoms with E-state index in [2.05, 4.69) is 107 Å². The molecule has 2 aromatic carbocycles. The lowest BCUT2D eigenvalue weighted by Gasteiger charge is -2.43. The molecule has 0 atom stereocenters. The molecule has 0 radical (unpaired) electrons. The molecule has 0 bridgehead atoms. The van der Waals surface area contributed by atoms with Gasteiger partial charge in [-0.3, -0.25) is 0 Å². The van der Waals surface area contributed by atoms with E-state index in [0.29, 0.717) is 19.8 Å². The van der Waals surface area contributed by atoms with Gasteiger partial charge in [0, 0.05) is 17.7 Å². The fraction of sp³-hybridized carbons (Fsp3) is 0.464. The number of imidazole rings is 1. The van der Waals surface area contributed by atoms with Gasteiger partial charge >= 0.3 is 0 Å². The second-order valence-corrected chi connectivity index (χ2v) is 15.5. The maximum absolute atomic E-state index is 6.91. The van der Waals surface area contributed by atoms with Crippen molar-refractivity contribution in [3.63, 3.8) is 0 Å². The largest absolute Gasteiger partial charge is 0.410 e. The van der Waals surface area contributed by atoms with Crippen molar-refractivity contribution in [3.05, 3.63) is 66.5 Å². The maximum Gasteiger partial charge on any atom is 0.192 e. The van der Waals surface area contributed by atoms with Gasteiger partial charge in [0.15, 0.2) is 8.32 Å². The summed E-state index contributed by atoms with van der Waals surface area (Å²) in [5, 5.41) is 0.144. The van der Waals surface area contributed by atoms with Crippen molar-refractivity contribution in [2.45, 2.75) is 78.4 Å². The predicted octanol–water partition coefficient (Wildman–Crippen LogP) is 7.55. The second kappa shape index (κ2) is 9.96. The predicted molar refractivity (Wildman–Crippen MR) is 141 cm³/mol. The number of ether oxygens (including phenoxy) is 1. The Morgan fingerprint density at radius 1 is 0.848 bits per heavy atom. The van der Waals surface area contributed by atoms with Gasteiger partial charge in [0.1, 0.15) is 12.4 Å². The minimum absolute atomic E-state index is 0.144. The van der Waals surface area contributed by atoms with Crippen LogP contribution in [0.2, 0.25) is 18.1 Å². The molecular weight excluding hydrogens is 424 g/mol. The lowest BCUT2D eigenvalue weighted by atomic mass is 10.0. The van der Waals surface area contributed by atoms with E-state index in [1.54, 1.807) is 0 Å². The normalized spacial score (nSPS) is 12.8. The lowest BCUT2D eigenvalue weighted by Crippen LogP contribution is -2.49. The fourth-order valence-corrected chi connectivity index (χ4v) is 5.67. The third-order valence-electron chi connectivity index (χ3n) is 6.45. The van der Waals surface area contributed by atoms with E-state index in [4.69, 9.17) is 14.1 Å². The van der Waals surface area contributed by atoms with Crippen LogP contribution in [0, 0.1) is 0 Å². The molecule has 1 heterocycles. The van der Waals surface area contributed by atoms with Crippen molar-refractivity contribution in [2.75, 3.05) is 6.61 Å². The molecule has 0 fully saturated rings. The first-order valence-electron chi connectivity index (χ1n) is 11.9. The Morgan fingerprint density at radius 3 is 1.91 bits per heavy atom. The van der Waals surface area contributed by atoms with Crippen LogP contribution in [0.3, 0.4) is 0 Å². The Balaban J connectivity index is 2.15. The Hall–Kier alpha value is -2.21. The number of aromatic nitrogens is 2. The fourth-order valence-electron chi connectivity index (χ4n) is 3.92. The van der Waals surface area contributed by atoms with E-state index >= 15 is 0 Å². The standard InChI is InChI=1S/C28H40N2O2Si/c1-9-31-20-24-29-25(22-16-12-10-13-17-22)26(23-18-14-11-15-19-23)30(24)21-28(5,6)32-33(7,8)27(2,3)4/h10-19H,9,20-21H2,1-8H3. The highest BCUT2D eigenvalue weighted by atomic mass is 28.4. The van der Waals surface area contributed by atoms with Crippen LogP contribution in [-0.4, -0.2) is 30.1 Å². The van der Waals surface area contributed by atoms with Crippen LogP contribution in [0.4, 0.5) is 0 Å². The SMILES string of the molecule is CCOCc1nc(-c2ccccc2)c(-c2ccccc2)n1CC(C)(C)O[Si](C)(C)C(C)(C)C. The van der Waals surface area contributed by atoms with Gasteiger partial charge in [-0.2, -0.15) is 0 Å². The molecule has 33 heavy (non-hydrogen) atoms. The van der Waals surface area contributed by atoms with Gasteiger partial charge in [-0.1, -0.05) is 81.4 Å². The summed E-state index contributed by atoms with van der Waals surface area (Å²) >= 11 is 0. The van der Waals surface area contributed by atoms with E-state index in [0.717, 1.165) is 28.3 Å². The molecule has 4 nitrogen and oxygen atoms in total. The average molecular weight is 465 g/mol. The van der Waals surface area contributed by atoms with Crippen molar-refractivity contribution in [1.29, 1.82) is 0 Å². The smallest absolute Gasteiger partial charge is 0.192 e. The summed E-state index contributed by atoms with van der Waals surface area (Å²) in [6, 6.07) is 21.0. The first kappa shape index (κ1) is 25.4. The van der Waals surface area contributed by atoms with Crippen LogP contribution < -0.4 is 0 Å². The zero-order chi connectivity index (χ0) is 24.3. The van der Waals surface area contributed by atoms with Crippen LogP contribution in [-0.2, 0) is 22.3 Å². The van der Waals surface area contributed by atoms with Crippen LogP contribution >= 0.6 is 0 Å². The summed E-state index contributed by atoms with van der Waals surface area (Å²) in [5.41, 5.74) is 4.00. The van der Waals surface area contributed by atoms with E-state index in [1.165, 1.54) is 0 Å². The Bertz CT molecular complexity index is 1040. The van der Waals surface area contributed by atoms with E-state index < -0.39 is 8.32 Å². The van der Waals surface area contributed by atoms with Gasteiger partial charge < -0.3 is 13.7 Å². The van der Waals surface area contributed by atoms with Crippen molar-refractivity contribution >= 4 is 8.32 Å². The van der Waals surface area contributed by atoms with Gasteiger partial charge in [-0.15, -0.1) is 0 Å². The minimum Gasteiger partial charge on any atom is -0.410 e. The van der Waals surface area contributed by atoms with Gasteiger partial charge in [0.25, 0.3) is 0 Å². The highest BCUT2D eigenvalue weighted by Crippen LogP contribution is 2.40. The van der Waals surface area contributed by atoms with Crippen LogP contribution in [0.25, 0.3) is 22.5 Å². The van der Waals surface area contributed by atoms with Gasteiger partial charge in [0.05, 0.1) is 23.5 Å². The molecule has 0 aliphatic carbocycles. The number of benzene rings is 2. The Labute approximate surface area is 201 Å². The summed E-state index contributed by atoms with van der Waals surface area (Å²) in [6.45, 7) is 19.7. The molecule has 0 unspecified atom stereocenters. The third-order valence-corrected chi connectivity index (χ3v) is 11.1. The van der Waals surface area contributed by atoms with Crippen molar-refractivity contribution < 1.29 is 9.16 Å². The van der Waals surface area contributed by atoms with Gasteiger partial charge in [-0.05, 0) is 38.9 Å². The number of hydrogen-bond donors (Lipinski definition) is 0. The second-order valence-electron chi connectivity index (χ2n) is 10.8. The maximum atomic E-state index is 6.91. The lowest BCUT2D eigenvalue weighted by molar-refractivity contribution is 0.0681. The Morgan fingerprint density at radius 2 is 1.39 bits per heavy atom. The topological polar surface area (TPSA) is 36.3 Å². The number of rotatable bonds is 9. The highest BCUT2D eigenvalue weighted by molar-refractivity contribution is 6.74. The zero-order valence-corrected chi connectivity index (χ0v) is 22.6. The van der Waals surface area contributed by atoms with Gasteiger partial charge in [0.2, 0.25) is 0 Å². The summed E-state index contributed by atoms with van der Waals surface area (Å²) in [6.07, 6.45) is 0. The molecule has 3 rings (SSSR count). The molecule has 0 amide bonds. The molecule has 0 saturated heterocycles. The van der Waals surface area contributed by atoms with Crippen LogP contribution in [0.5, 0.6) is 0 Å². The summed E-state index contributed by atoms with van der Waals surface area (Å²) in [5.74, 6) is 0.932. The summed E-state index contributed by atoms with van der Waals surface area (Å²) in [7, 11) is -1.96. The third kappa shape index (κ3) is 6.02. The monoisotopic (exact) mass is 464 g/mol. The molecule has 3 aromatic rings. The van der Waals surface area contributed by atoms with Gasteiger partial charge in [-0.25, -0.2) is 4.98 Å². The molecule has 178 valence electrons. The molecule has 5 heteroatoms. The molecule has 0 aliphatic rings. The molecular formula is C28H40N2O2Si.